The van der Waals surface area contributed by atoms with E-state index in [1.165, 1.54) is 19.1 Å². The molecule has 1 aromatic rings. The average Bonchev–Trinajstić information content (AvgIpc) is 2.80. The fraction of sp³-hybridized carbons (Fsp3) is 0.385. The molecule has 1 aliphatic heterocycles. The summed E-state index contributed by atoms with van der Waals surface area (Å²) in [5.41, 5.74) is 6.37. The molecule has 0 aliphatic carbocycles. The van der Waals surface area contributed by atoms with Gasteiger partial charge in [-0.25, -0.2) is 0 Å². The molecular weight excluding hydrogens is 301 g/mol. The van der Waals surface area contributed by atoms with Gasteiger partial charge in [-0.2, -0.15) is 0 Å². The summed E-state index contributed by atoms with van der Waals surface area (Å²) in [6.07, 6.45) is 0.721. The van der Waals surface area contributed by atoms with Crippen LogP contribution in [0.25, 0.3) is 0 Å². The van der Waals surface area contributed by atoms with Crippen LogP contribution in [0.15, 0.2) is 12.1 Å². The number of nitrogens with two attached hydrogens (primary N) is 1. The number of nitrogen functional groups attached to an aromatic ring is 1. The van der Waals surface area contributed by atoms with E-state index >= 15 is 0 Å². The third-order valence-electron chi connectivity index (χ3n) is 3.16. The molecule has 2 rings (SSSR count). The topological polar surface area (TPSA) is 75.4 Å². The minimum absolute atomic E-state index is 0.0215. The van der Waals surface area contributed by atoms with E-state index in [0.29, 0.717) is 24.3 Å². The summed E-state index contributed by atoms with van der Waals surface area (Å²) in [4.78, 5) is 25.1. The van der Waals surface area contributed by atoms with Crippen LogP contribution in [0.1, 0.15) is 23.7 Å². The predicted molar refractivity (Wildman–Crippen MR) is 79.0 cm³/mol. The Kier molecular flexibility index (Phi) is 4.40. The van der Waals surface area contributed by atoms with Crippen LogP contribution < -0.4 is 11.1 Å². The Morgan fingerprint density at radius 1 is 1.40 bits per heavy atom. The summed E-state index contributed by atoms with van der Waals surface area (Å²) in [5.74, 6) is -0.327. The molecule has 1 aromatic carbocycles. The maximum atomic E-state index is 12.4. The van der Waals surface area contributed by atoms with Gasteiger partial charge in [0.1, 0.15) is 0 Å². The van der Waals surface area contributed by atoms with Crippen LogP contribution in [0.2, 0.25) is 10.0 Å². The molecular formula is C13H15Cl2N3O2. The number of hydrogen-bond acceptors (Lipinski definition) is 3. The molecule has 0 bridgehead atoms. The van der Waals surface area contributed by atoms with Gasteiger partial charge in [0.2, 0.25) is 5.91 Å². The Labute approximate surface area is 127 Å². The third kappa shape index (κ3) is 3.16. The van der Waals surface area contributed by atoms with Crippen molar-refractivity contribution < 1.29 is 9.59 Å². The highest BCUT2D eigenvalue weighted by Crippen LogP contribution is 2.30. The molecule has 1 aliphatic rings. The van der Waals surface area contributed by atoms with Crippen molar-refractivity contribution in [2.45, 2.75) is 19.4 Å². The molecule has 1 unspecified atom stereocenters. The number of amides is 2. The molecule has 5 nitrogen and oxygen atoms in total. The Hall–Kier alpha value is -1.46. The van der Waals surface area contributed by atoms with Crippen LogP contribution in [0.4, 0.5) is 5.69 Å². The molecule has 7 heteroatoms. The maximum Gasteiger partial charge on any atom is 0.255 e. The fourth-order valence-electron chi connectivity index (χ4n) is 2.29. The Morgan fingerprint density at radius 2 is 2.10 bits per heavy atom. The molecule has 3 N–H and O–H groups in total. The first-order valence-electron chi connectivity index (χ1n) is 6.19. The fourth-order valence-corrected chi connectivity index (χ4v) is 2.70. The highest BCUT2D eigenvalue weighted by molar-refractivity contribution is 6.44. The van der Waals surface area contributed by atoms with Crippen LogP contribution in [0.3, 0.4) is 0 Å². The van der Waals surface area contributed by atoms with E-state index in [1.54, 1.807) is 4.90 Å². The number of carbonyl (C=O) groups excluding carboxylic acids is 2. The maximum absolute atomic E-state index is 12.4. The highest BCUT2D eigenvalue weighted by atomic mass is 35.5. The molecule has 1 heterocycles. The van der Waals surface area contributed by atoms with Gasteiger partial charge in [0.15, 0.2) is 0 Å². The number of nitrogens with zero attached hydrogens (tertiary/aromatic N) is 1. The smallest absolute Gasteiger partial charge is 0.255 e. The predicted octanol–water partition coefficient (Wildman–Crippen LogP) is 1.93. The van der Waals surface area contributed by atoms with Crippen molar-refractivity contribution >= 4 is 40.7 Å². The normalized spacial score (nSPS) is 18.1. The zero-order chi connectivity index (χ0) is 14.9. The lowest BCUT2D eigenvalue weighted by Crippen LogP contribution is -2.37. The van der Waals surface area contributed by atoms with Crippen molar-refractivity contribution in [2.75, 3.05) is 18.8 Å². The Bertz CT molecular complexity index is 563. The SMILES string of the molecule is CC(=O)NC1CCN(C(=O)c2cc(N)cc(Cl)c2Cl)C1. The first-order valence-corrected chi connectivity index (χ1v) is 6.95. The van der Waals surface area contributed by atoms with E-state index in [4.69, 9.17) is 28.9 Å². The lowest BCUT2D eigenvalue weighted by molar-refractivity contribution is -0.119. The minimum Gasteiger partial charge on any atom is -0.399 e. The van der Waals surface area contributed by atoms with Crippen molar-refractivity contribution in [1.29, 1.82) is 0 Å². The molecule has 1 fully saturated rings. The highest BCUT2D eigenvalue weighted by Gasteiger charge is 2.29. The number of anilines is 1. The van der Waals surface area contributed by atoms with Gasteiger partial charge in [-0.15, -0.1) is 0 Å². The van der Waals surface area contributed by atoms with Gasteiger partial charge in [0.25, 0.3) is 5.91 Å². The van der Waals surface area contributed by atoms with Crippen LogP contribution in [0.5, 0.6) is 0 Å². The molecule has 1 saturated heterocycles. The molecule has 0 aromatic heterocycles. The van der Waals surface area contributed by atoms with Gasteiger partial charge in [-0.3, -0.25) is 9.59 Å². The quantitative estimate of drug-likeness (QED) is 0.819. The van der Waals surface area contributed by atoms with Crippen LogP contribution in [0, 0.1) is 0 Å². The number of benzene rings is 1. The van der Waals surface area contributed by atoms with E-state index in [-0.39, 0.29) is 27.9 Å². The van der Waals surface area contributed by atoms with Gasteiger partial charge >= 0.3 is 0 Å². The van der Waals surface area contributed by atoms with Gasteiger partial charge in [-0.05, 0) is 18.6 Å². The lowest BCUT2D eigenvalue weighted by atomic mass is 10.1. The molecule has 2 amide bonds. The zero-order valence-electron chi connectivity index (χ0n) is 11.0. The molecule has 108 valence electrons. The summed E-state index contributed by atoms with van der Waals surface area (Å²) < 4.78 is 0. The van der Waals surface area contributed by atoms with Crippen molar-refractivity contribution in [3.63, 3.8) is 0 Å². The zero-order valence-corrected chi connectivity index (χ0v) is 12.5. The second-order valence-electron chi connectivity index (χ2n) is 4.80. The molecule has 0 spiro atoms. The number of rotatable bonds is 2. The van der Waals surface area contributed by atoms with E-state index < -0.39 is 0 Å². The summed E-state index contributed by atoms with van der Waals surface area (Å²) in [7, 11) is 0. The summed E-state index contributed by atoms with van der Waals surface area (Å²) in [6.45, 7) is 2.48. The number of carbonyl (C=O) groups is 2. The molecule has 0 saturated carbocycles. The summed E-state index contributed by atoms with van der Waals surface area (Å²) in [5, 5.41) is 3.26. The van der Waals surface area contributed by atoms with Crippen molar-refractivity contribution in [3.05, 3.63) is 27.7 Å². The van der Waals surface area contributed by atoms with E-state index in [0.717, 1.165) is 6.42 Å². The van der Waals surface area contributed by atoms with Crippen LogP contribution in [-0.4, -0.2) is 35.8 Å². The van der Waals surface area contributed by atoms with Gasteiger partial charge in [0, 0.05) is 31.7 Å². The van der Waals surface area contributed by atoms with E-state index in [9.17, 15) is 9.59 Å². The van der Waals surface area contributed by atoms with E-state index in [1.807, 2.05) is 0 Å². The summed E-state index contributed by atoms with van der Waals surface area (Å²) >= 11 is 12.0. The van der Waals surface area contributed by atoms with Crippen molar-refractivity contribution in [2.24, 2.45) is 0 Å². The van der Waals surface area contributed by atoms with E-state index in [2.05, 4.69) is 5.32 Å². The monoisotopic (exact) mass is 315 g/mol. The second kappa shape index (κ2) is 5.89. The Morgan fingerprint density at radius 3 is 2.75 bits per heavy atom. The standard InChI is InChI=1S/C13H15Cl2N3O2/c1-7(19)17-9-2-3-18(6-9)13(20)10-4-8(16)5-11(14)12(10)15/h4-5,9H,2-3,6,16H2,1H3,(H,17,19). The van der Waals surface area contributed by atoms with Crippen LogP contribution in [-0.2, 0) is 4.79 Å². The summed E-state index contributed by atoms with van der Waals surface area (Å²) in [6, 6.07) is 3.00. The minimum atomic E-state index is -0.225. The molecule has 0 radical (unpaired) electrons. The number of hydrogen-bond donors (Lipinski definition) is 2. The number of likely N-dealkylation sites (tertiary alicyclic amines) is 1. The van der Waals surface area contributed by atoms with Gasteiger partial charge in [-0.1, -0.05) is 23.2 Å². The Balaban J connectivity index is 2.15. The average molecular weight is 316 g/mol. The lowest BCUT2D eigenvalue weighted by Gasteiger charge is -2.18. The largest absolute Gasteiger partial charge is 0.399 e. The molecule has 20 heavy (non-hydrogen) atoms. The van der Waals surface area contributed by atoms with Gasteiger partial charge in [0.05, 0.1) is 15.6 Å². The first kappa shape index (κ1) is 14.9. The van der Waals surface area contributed by atoms with Crippen molar-refractivity contribution in [1.82, 2.24) is 10.2 Å². The van der Waals surface area contributed by atoms with Crippen LogP contribution >= 0.6 is 23.2 Å². The number of halogens is 2. The molecule has 1 atom stereocenters. The first-order chi connectivity index (χ1) is 9.38. The van der Waals surface area contributed by atoms with Gasteiger partial charge < -0.3 is 16.0 Å². The van der Waals surface area contributed by atoms with Crippen molar-refractivity contribution in [3.8, 4) is 0 Å². The number of nitrogens with one attached hydrogen (secondary N) is 1. The second-order valence-corrected chi connectivity index (χ2v) is 5.59. The third-order valence-corrected chi connectivity index (χ3v) is 3.97.